The molecule has 0 saturated heterocycles. The van der Waals surface area contributed by atoms with Crippen LogP contribution >= 0.6 is 7.82 Å². The van der Waals surface area contributed by atoms with E-state index in [1.54, 1.807) is 0 Å². The van der Waals surface area contributed by atoms with E-state index in [2.05, 4.69) is 99.8 Å². The van der Waals surface area contributed by atoms with Crippen LogP contribution in [0.1, 0.15) is 175 Å². The highest BCUT2D eigenvalue weighted by atomic mass is 31.2. The normalized spacial score (nSPS) is 14.4. The topological polar surface area (TPSA) is 155 Å². The lowest BCUT2D eigenvalue weighted by molar-refractivity contribution is -0.161. The van der Waals surface area contributed by atoms with Gasteiger partial charge in [0.1, 0.15) is 12.7 Å². The Hall–Kier alpha value is -3.60. The van der Waals surface area contributed by atoms with Gasteiger partial charge in [0.2, 0.25) is 0 Å². The molecule has 0 radical (unpaired) electrons. The summed E-state index contributed by atoms with van der Waals surface area (Å²) in [5, 5.41) is 9.74. The van der Waals surface area contributed by atoms with Crippen molar-refractivity contribution in [2.75, 3.05) is 26.4 Å². The van der Waals surface area contributed by atoms with Crippen molar-refractivity contribution in [3.05, 3.63) is 97.2 Å². The van der Waals surface area contributed by atoms with Gasteiger partial charge in [-0.1, -0.05) is 157 Å². The lowest BCUT2D eigenvalue weighted by Crippen LogP contribution is -2.30. The van der Waals surface area contributed by atoms with Crippen molar-refractivity contribution in [2.45, 2.75) is 187 Å². The molecule has 12 heteroatoms. The summed E-state index contributed by atoms with van der Waals surface area (Å²) in [7, 11) is -4.77. The lowest BCUT2D eigenvalue weighted by atomic mass is 10.1. The smallest absolute Gasteiger partial charge is 0.462 e. The summed E-state index contributed by atoms with van der Waals surface area (Å²) in [5.74, 6) is -1.62. The van der Waals surface area contributed by atoms with Crippen LogP contribution < -0.4 is 0 Å². The van der Waals surface area contributed by atoms with Gasteiger partial charge in [-0.15, -0.1) is 0 Å². The number of unbranched alkanes of at least 4 members (excludes halogenated alkanes) is 10. The molecule has 11 nitrogen and oxygen atoms in total. The Morgan fingerprint density at radius 3 is 1.38 bits per heavy atom. The number of rotatable bonds is 43. The summed E-state index contributed by atoms with van der Waals surface area (Å²) in [5.41, 5.74) is 0. The zero-order valence-electron chi connectivity index (χ0n) is 39.7. The van der Waals surface area contributed by atoms with E-state index in [0.29, 0.717) is 19.3 Å². The monoisotopic (exact) mass is 917 g/mol. The first-order valence-corrected chi connectivity index (χ1v) is 25.6. The molecule has 0 aliphatic rings. The highest BCUT2D eigenvalue weighted by molar-refractivity contribution is 7.47. The van der Waals surface area contributed by atoms with Crippen molar-refractivity contribution in [1.82, 2.24) is 0 Å². The summed E-state index contributed by atoms with van der Waals surface area (Å²) in [6.45, 7) is 4.19. The second-order valence-corrected chi connectivity index (χ2v) is 17.0. The standard InChI is InChI=1S/C52H85O11P/c1-4-7-10-13-16-19-22-24-27-29-32-35-38-41-50(54)59-45-49(63-52(56)43-40-37-34-31-28-25-23-20-17-14-11-8-5-2)47-61-64(57,58)60-46-48(44-53)62-51(55)42-39-36-33-30-26-21-18-15-12-9-6-3/h7-8,10-11,15-20,24-25,27-28,34,37,48-49,53H,4-6,9,12-14,21-23,26,29-33,35-36,38-47H2,1-3H3,(H,57,58)/b10-7-,11-8-,18-15-,19-16-,20-17-,27-24-,28-25-,37-34-. The third-order valence-corrected chi connectivity index (χ3v) is 10.4. The first-order valence-electron chi connectivity index (χ1n) is 24.1. The molecule has 2 N–H and O–H groups in total. The number of carbonyl (C=O) groups is 3. The number of esters is 3. The van der Waals surface area contributed by atoms with Crippen molar-refractivity contribution >= 4 is 25.7 Å². The quantitative estimate of drug-likeness (QED) is 0.0197. The minimum atomic E-state index is -4.77. The molecule has 0 aliphatic carbocycles. The minimum absolute atomic E-state index is 0.0351. The van der Waals surface area contributed by atoms with Crippen LogP contribution in [0.4, 0.5) is 0 Å². The van der Waals surface area contributed by atoms with Crippen molar-refractivity contribution < 1.29 is 52.2 Å². The number of allylic oxidation sites excluding steroid dienone is 16. The highest BCUT2D eigenvalue weighted by Gasteiger charge is 2.28. The summed E-state index contributed by atoms with van der Waals surface area (Å²) in [4.78, 5) is 48.1. The van der Waals surface area contributed by atoms with E-state index in [4.69, 9.17) is 23.3 Å². The molecule has 0 aromatic rings. The summed E-state index contributed by atoms with van der Waals surface area (Å²) >= 11 is 0. The maximum Gasteiger partial charge on any atom is 0.472 e. The average Bonchev–Trinajstić information content (AvgIpc) is 3.28. The second-order valence-electron chi connectivity index (χ2n) is 15.5. The summed E-state index contributed by atoms with van der Waals surface area (Å²) in [6, 6.07) is 0. The molecule has 364 valence electrons. The van der Waals surface area contributed by atoms with Crippen LogP contribution in [-0.4, -0.2) is 66.5 Å². The number of hydrogen-bond acceptors (Lipinski definition) is 10. The molecule has 0 rings (SSSR count). The molecular formula is C52H85O11P. The number of ether oxygens (including phenoxy) is 3. The van der Waals surface area contributed by atoms with Gasteiger partial charge in [0, 0.05) is 19.3 Å². The van der Waals surface area contributed by atoms with Gasteiger partial charge >= 0.3 is 25.7 Å². The fraction of sp³-hybridized carbons (Fsp3) is 0.635. The van der Waals surface area contributed by atoms with Crippen LogP contribution in [0.15, 0.2) is 97.2 Å². The van der Waals surface area contributed by atoms with E-state index >= 15 is 0 Å². The third-order valence-electron chi connectivity index (χ3n) is 9.49. The van der Waals surface area contributed by atoms with Gasteiger partial charge < -0.3 is 24.2 Å². The van der Waals surface area contributed by atoms with Crippen molar-refractivity contribution in [3.8, 4) is 0 Å². The number of aliphatic hydroxyl groups excluding tert-OH is 1. The van der Waals surface area contributed by atoms with Gasteiger partial charge in [-0.25, -0.2) is 4.57 Å². The zero-order chi connectivity index (χ0) is 47.0. The van der Waals surface area contributed by atoms with Gasteiger partial charge in [0.25, 0.3) is 0 Å². The Morgan fingerprint density at radius 2 is 0.844 bits per heavy atom. The van der Waals surface area contributed by atoms with E-state index in [9.17, 15) is 28.9 Å². The Labute approximate surface area is 387 Å². The molecular weight excluding hydrogens is 832 g/mol. The molecule has 0 saturated carbocycles. The van der Waals surface area contributed by atoms with Gasteiger partial charge in [-0.3, -0.25) is 23.4 Å². The van der Waals surface area contributed by atoms with Gasteiger partial charge in [-0.05, 0) is 96.3 Å². The SMILES string of the molecule is CC/C=C\C/C=C\C/C=C\C/C=C\CCC(=O)OC(COC(=O)CCCCC/C=C\C/C=C\C/C=C\CC)COP(=O)(O)OCC(CO)OC(=O)CCCCCCC/C=C\CCCC. The summed E-state index contributed by atoms with van der Waals surface area (Å²) in [6.07, 6.45) is 51.3. The molecule has 0 fully saturated rings. The first-order chi connectivity index (χ1) is 31.2. The minimum Gasteiger partial charge on any atom is -0.462 e. The predicted octanol–water partition coefficient (Wildman–Crippen LogP) is 13.4. The van der Waals surface area contributed by atoms with E-state index in [0.717, 1.165) is 103 Å². The fourth-order valence-corrected chi connectivity index (χ4v) is 6.62. The molecule has 0 aliphatic heterocycles. The predicted molar refractivity (Wildman–Crippen MR) is 260 cm³/mol. The van der Waals surface area contributed by atoms with Crippen molar-refractivity contribution in [1.29, 1.82) is 0 Å². The lowest BCUT2D eigenvalue weighted by Gasteiger charge is -2.21. The molecule has 0 heterocycles. The van der Waals surface area contributed by atoms with Crippen LogP contribution in [0.25, 0.3) is 0 Å². The Balaban J connectivity index is 4.91. The summed E-state index contributed by atoms with van der Waals surface area (Å²) < 4.78 is 39.1. The Kier molecular flexibility index (Phi) is 43.4. The van der Waals surface area contributed by atoms with E-state index < -0.39 is 57.8 Å². The van der Waals surface area contributed by atoms with E-state index in [-0.39, 0.29) is 25.9 Å². The zero-order valence-corrected chi connectivity index (χ0v) is 40.6. The number of phosphoric ester groups is 1. The number of carbonyl (C=O) groups excluding carboxylic acids is 3. The van der Waals surface area contributed by atoms with Gasteiger partial charge in [-0.2, -0.15) is 0 Å². The highest BCUT2D eigenvalue weighted by Crippen LogP contribution is 2.43. The molecule has 3 atom stereocenters. The second kappa shape index (κ2) is 45.9. The van der Waals surface area contributed by atoms with Gasteiger partial charge in [0.15, 0.2) is 6.10 Å². The number of phosphoric acid groups is 1. The van der Waals surface area contributed by atoms with E-state index in [1.165, 1.54) is 12.8 Å². The number of hydrogen-bond donors (Lipinski definition) is 2. The van der Waals surface area contributed by atoms with Crippen LogP contribution in [0.5, 0.6) is 0 Å². The van der Waals surface area contributed by atoms with Crippen LogP contribution in [0, 0.1) is 0 Å². The van der Waals surface area contributed by atoms with Gasteiger partial charge in [0.05, 0.1) is 19.8 Å². The molecule has 0 amide bonds. The number of aliphatic hydroxyl groups is 1. The van der Waals surface area contributed by atoms with Crippen molar-refractivity contribution in [2.24, 2.45) is 0 Å². The Bertz CT molecular complexity index is 1440. The maximum absolute atomic E-state index is 12.8. The fourth-order valence-electron chi connectivity index (χ4n) is 5.83. The molecule has 0 aromatic carbocycles. The Morgan fingerprint density at radius 1 is 0.453 bits per heavy atom. The molecule has 0 bridgehead atoms. The first kappa shape index (κ1) is 60.4. The maximum atomic E-state index is 12.8. The van der Waals surface area contributed by atoms with Crippen molar-refractivity contribution in [3.63, 3.8) is 0 Å². The molecule has 3 unspecified atom stereocenters. The van der Waals surface area contributed by atoms with Crippen LogP contribution in [-0.2, 0) is 42.2 Å². The van der Waals surface area contributed by atoms with E-state index in [1.807, 2.05) is 18.2 Å². The largest absolute Gasteiger partial charge is 0.472 e. The van der Waals surface area contributed by atoms with Crippen LogP contribution in [0.2, 0.25) is 0 Å². The third kappa shape index (κ3) is 43.6. The molecule has 0 spiro atoms. The van der Waals surface area contributed by atoms with Crippen LogP contribution in [0.3, 0.4) is 0 Å². The average molecular weight is 917 g/mol. The molecule has 64 heavy (non-hydrogen) atoms. The molecule has 0 aromatic heterocycles.